The van der Waals surface area contributed by atoms with E-state index in [0.29, 0.717) is 48.2 Å². The molecule has 1 aromatic heterocycles. The number of hydrogen-bond acceptors (Lipinski definition) is 5. The number of nitrogens with one attached hydrogen (secondary N) is 2. The van der Waals surface area contributed by atoms with Crippen LogP contribution in [-0.2, 0) is 11.3 Å². The first kappa shape index (κ1) is 19.3. The molecule has 1 heterocycles. The van der Waals surface area contributed by atoms with E-state index in [9.17, 15) is 14.4 Å². The Morgan fingerprint density at radius 1 is 1.23 bits per heavy atom. The summed E-state index contributed by atoms with van der Waals surface area (Å²) >= 11 is 0. The number of aromatic nitrogens is 2. The highest BCUT2D eigenvalue weighted by atomic mass is 16.5. The molecule has 140 valence electrons. The molecule has 0 radical (unpaired) electrons. The van der Waals surface area contributed by atoms with Crippen molar-refractivity contribution in [1.82, 2.24) is 14.9 Å². The van der Waals surface area contributed by atoms with Crippen molar-refractivity contribution in [3.05, 3.63) is 45.6 Å². The molecule has 0 saturated carbocycles. The van der Waals surface area contributed by atoms with Gasteiger partial charge in [-0.2, -0.15) is 0 Å². The van der Waals surface area contributed by atoms with E-state index in [1.54, 1.807) is 18.2 Å². The molecule has 0 aliphatic rings. The van der Waals surface area contributed by atoms with Crippen LogP contribution in [0.1, 0.15) is 19.3 Å². The Bertz CT molecular complexity index is 913. The Balaban J connectivity index is 2.18. The van der Waals surface area contributed by atoms with Crippen molar-refractivity contribution < 1.29 is 14.3 Å². The van der Waals surface area contributed by atoms with Crippen LogP contribution < -0.4 is 26.0 Å². The molecule has 26 heavy (non-hydrogen) atoms. The predicted octanol–water partition coefficient (Wildman–Crippen LogP) is 1.18. The number of methoxy groups -OCH3 is 2. The van der Waals surface area contributed by atoms with E-state index in [2.05, 4.69) is 16.9 Å². The zero-order valence-corrected chi connectivity index (χ0v) is 15.0. The molecule has 2 N–H and O–H groups in total. The number of ether oxygens (including phenoxy) is 2. The zero-order valence-electron chi connectivity index (χ0n) is 15.0. The van der Waals surface area contributed by atoms with Crippen LogP contribution in [0.25, 0.3) is 10.9 Å². The Morgan fingerprint density at radius 3 is 2.58 bits per heavy atom. The summed E-state index contributed by atoms with van der Waals surface area (Å²) in [6.07, 6.45) is 3.04. The summed E-state index contributed by atoms with van der Waals surface area (Å²) in [5.74, 6) is 0.759. The van der Waals surface area contributed by atoms with Crippen LogP contribution in [0, 0.1) is 0 Å². The van der Waals surface area contributed by atoms with Crippen molar-refractivity contribution in [2.75, 3.05) is 20.8 Å². The third kappa shape index (κ3) is 4.33. The molecule has 0 aliphatic heterocycles. The van der Waals surface area contributed by atoms with E-state index < -0.39 is 11.2 Å². The lowest BCUT2D eigenvalue weighted by Crippen LogP contribution is -2.35. The molecule has 0 fully saturated rings. The van der Waals surface area contributed by atoms with E-state index in [4.69, 9.17) is 9.47 Å². The fourth-order valence-electron chi connectivity index (χ4n) is 2.61. The van der Waals surface area contributed by atoms with Crippen molar-refractivity contribution in [2.24, 2.45) is 0 Å². The molecule has 8 heteroatoms. The number of carbonyl (C=O) groups is 1. The van der Waals surface area contributed by atoms with Gasteiger partial charge in [-0.15, -0.1) is 6.58 Å². The Kier molecular flexibility index (Phi) is 6.60. The summed E-state index contributed by atoms with van der Waals surface area (Å²) in [7, 11) is 2.96. The summed E-state index contributed by atoms with van der Waals surface area (Å²) in [5, 5.41) is 3.02. The maximum absolute atomic E-state index is 12.6. The minimum Gasteiger partial charge on any atom is -0.493 e. The summed E-state index contributed by atoms with van der Waals surface area (Å²) in [6.45, 7) is 4.18. The topological polar surface area (TPSA) is 102 Å². The quantitative estimate of drug-likeness (QED) is 0.516. The minimum absolute atomic E-state index is 0.0819. The van der Waals surface area contributed by atoms with Gasteiger partial charge in [0.25, 0.3) is 5.56 Å². The van der Waals surface area contributed by atoms with Crippen LogP contribution in [0.2, 0.25) is 0 Å². The van der Waals surface area contributed by atoms with Gasteiger partial charge >= 0.3 is 5.69 Å². The molecule has 2 rings (SSSR count). The smallest absolute Gasteiger partial charge is 0.328 e. The third-order valence-corrected chi connectivity index (χ3v) is 3.97. The number of unbranched alkanes of at least 4 members (excludes halogenated alkanes) is 1. The van der Waals surface area contributed by atoms with Gasteiger partial charge in [0.15, 0.2) is 11.5 Å². The lowest BCUT2D eigenvalue weighted by Gasteiger charge is -2.10. The van der Waals surface area contributed by atoms with Crippen LogP contribution in [0.4, 0.5) is 0 Å². The number of hydrogen-bond donors (Lipinski definition) is 2. The molecule has 1 aromatic carbocycles. The van der Waals surface area contributed by atoms with Crippen molar-refractivity contribution in [1.29, 1.82) is 0 Å². The molecular weight excluding hydrogens is 338 g/mol. The average Bonchev–Trinajstić information content (AvgIpc) is 2.64. The monoisotopic (exact) mass is 361 g/mol. The number of aromatic amines is 1. The van der Waals surface area contributed by atoms with E-state index in [-0.39, 0.29) is 12.5 Å². The SMILES string of the molecule is C=CCNC(=O)CCCCn1c(=O)[nH]c2cc(OC)c(OC)cc2c1=O. The van der Waals surface area contributed by atoms with Gasteiger partial charge in [-0.25, -0.2) is 4.79 Å². The molecule has 0 unspecified atom stereocenters. The van der Waals surface area contributed by atoms with Gasteiger partial charge in [0.1, 0.15) is 0 Å². The highest BCUT2D eigenvalue weighted by molar-refractivity contribution is 5.81. The first-order valence-corrected chi connectivity index (χ1v) is 8.28. The molecule has 0 aliphatic carbocycles. The molecule has 1 amide bonds. The maximum Gasteiger partial charge on any atom is 0.328 e. The Hall–Kier alpha value is -3.03. The summed E-state index contributed by atoms with van der Waals surface area (Å²) in [4.78, 5) is 39.1. The summed E-state index contributed by atoms with van der Waals surface area (Å²) in [5.41, 5.74) is -0.510. The van der Waals surface area contributed by atoms with Gasteiger partial charge < -0.3 is 19.8 Å². The number of amides is 1. The van der Waals surface area contributed by atoms with Gasteiger partial charge in [-0.1, -0.05) is 6.08 Å². The standard InChI is InChI=1S/C18H23N3O5/c1-4-8-19-16(22)7-5-6-9-21-17(23)12-10-14(25-2)15(26-3)11-13(12)20-18(21)24/h4,10-11H,1,5-9H2,2-3H3,(H,19,22)(H,20,24). The number of benzene rings is 1. The number of nitrogens with zero attached hydrogens (tertiary/aromatic N) is 1. The Labute approximate surface area is 150 Å². The fourth-order valence-corrected chi connectivity index (χ4v) is 2.61. The maximum atomic E-state index is 12.6. The predicted molar refractivity (Wildman–Crippen MR) is 99.0 cm³/mol. The third-order valence-electron chi connectivity index (χ3n) is 3.97. The second kappa shape index (κ2) is 8.89. The minimum atomic E-state index is -0.495. The second-order valence-electron chi connectivity index (χ2n) is 5.69. The van der Waals surface area contributed by atoms with Crippen LogP contribution in [0.15, 0.2) is 34.4 Å². The number of H-pyrrole nitrogens is 1. The first-order valence-electron chi connectivity index (χ1n) is 8.28. The van der Waals surface area contributed by atoms with Gasteiger partial charge in [0.2, 0.25) is 5.91 Å². The molecule has 8 nitrogen and oxygen atoms in total. The molecule has 0 bridgehead atoms. The zero-order chi connectivity index (χ0) is 19.1. The lowest BCUT2D eigenvalue weighted by atomic mass is 10.2. The molecule has 0 spiro atoms. The van der Waals surface area contributed by atoms with Gasteiger partial charge in [0, 0.05) is 25.6 Å². The van der Waals surface area contributed by atoms with Crippen molar-refractivity contribution in [3.63, 3.8) is 0 Å². The van der Waals surface area contributed by atoms with E-state index >= 15 is 0 Å². The van der Waals surface area contributed by atoms with Gasteiger partial charge in [-0.3, -0.25) is 14.2 Å². The van der Waals surface area contributed by atoms with Crippen molar-refractivity contribution >= 4 is 16.8 Å². The number of rotatable bonds is 9. The summed E-state index contributed by atoms with van der Waals surface area (Å²) < 4.78 is 11.5. The largest absolute Gasteiger partial charge is 0.493 e. The van der Waals surface area contributed by atoms with Crippen molar-refractivity contribution in [3.8, 4) is 11.5 Å². The van der Waals surface area contributed by atoms with Crippen LogP contribution in [0.5, 0.6) is 11.5 Å². The lowest BCUT2D eigenvalue weighted by molar-refractivity contribution is -0.121. The fraction of sp³-hybridized carbons (Fsp3) is 0.389. The molecule has 0 atom stereocenters. The van der Waals surface area contributed by atoms with Gasteiger partial charge in [-0.05, 0) is 18.9 Å². The van der Waals surface area contributed by atoms with E-state index in [1.807, 2.05) is 0 Å². The Morgan fingerprint density at radius 2 is 1.92 bits per heavy atom. The highest BCUT2D eigenvalue weighted by Crippen LogP contribution is 2.29. The second-order valence-corrected chi connectivity index (χ2v) is 5.69. The molecule has 2 aromatic rings. The highest BCUT2D eigenvalue weighted by Gasteiger charge is 2.12. The molecule has 0 saturated heterocycles. The number of fused-ring (bicyclic) bond motifs is 1. The van der Waals surface area contributed by atoms with Crippen LogP contribution in [-0.4, -0.2) is 36.2 Å². The van der Waals surface area contributed by atoms with Crippen LogP contribution >= 0.6 is 0 Å². The van der Waals surface area contributed by atoms with Gasteiger partial charge in [0.05, 0.1) is 25.1 Å². The van der Waals surface area contributed by atoms with Crippen LogP contribution in [0.3, 0.4) is 0 Å². The van der Waals surface area contributed by atoms with E-state index in [0.717, 1.165) is 4.57 Å². The average molecular weight is 361 g/mol. The normalized spacial score (nSPS) is 10.5. The van der Waals surface area contributed by atoms with E-state index in [1.165, 1.54) is 14.2 Å². The molecular formula is C18H23N3O5. The van der Waals surface area contributed by atoms with Crippen molar-refractivity contribution in [2.45, 2.75) is 25.8 Å². The summed E-state index contributed by atoms with van der Waals surface area (Å²) in [6, 6.07) is 3.11. The first-order chi connectivity index (χ1) is 12.5. The number of carbonyl (C=O) groups excluding carboxylic acids is 1.